The van der Waals surface area contributed by atoms with Gasteiger partial charge < -0.3 is 9.64 Å². The standard InChI is InChI=1S/C22H22N6O/c1-29-14-13-28-22(24-25-26-28)21(27-12-10-16-5-2-3-7-20(16)27)18-8-9-19-17(15-18)6-4-11-23-19/h2-9,11,15,21H,10,12-14H2,1H3/t21-/m0/s1. The molecule has 1 atom stereocenters. The zero-order valence-corrected chi connectivity index (χ0v) is 16.3. The Morgan fingerprint density at radius 1 is 1.10 bits per heavy atom. The van der Waals surface area contributed by atoms with Crippen molar-refractivity contribution in [1.82, 2.24) is 25.2 Å². The molecule has 0 spiro atoms. The molecule has 3 heterocycles. The topological polar surface area (TPSA) is 69.0 Å². The number of ether oxygens (including phenoxy) is 1. The number of para-hydroxylation sites is 1. The number of fused-ring (bicyclic) bond motifs is 2. The molecule has 0 fully saturated rings. The number of nitrogens with zero attached hydrogens (tertiary/aromatic N) is 6. The van der Waals surface area contributed by atoms with Crippen LogP contribution in [0.3, 0.4) is 0 Å². The molecular weight excluding hydrogens is 364 g/mol. The maximum Gasteiger partial charge on any atom is 0.178 e. The molecule has 0 unspecified atom stereocenters. The number of anilines is 1. The first-order valence-electron chi connectivity index (χ1n) is 9.79. The minimum absolute atomic E-state index is 0.0879. The SMILES string of the molecule is COCCn1nnnc1[C@H](c1ccc2ncccc2c1)N1CCc2ccccc21. The highest BCUT2D eigenvalue weighted by atomic mass is 16.5. The van der Waals surface area contributed by atoms with Crippen LogP contribution in [0.5, 0.6) is 0 Å². The van der Waals surface area contributed by atoms with Gasteiger partial charge in [-0.05, 0) is 52.2 Å². The highest BCUT2D eigenvalue weighted by Crippen LogP contribution is 2.38. The van der Waals surface area contributed by atoms with Crippen LogP contribution in [0.4, 0.5) is 5.69 Å². The molecule has 0 N–H and O–H groups in total. The molecular formula is C22H22N6O. The summed E-state index contributed by atoms with van der Waals surface area (Å²) >= 11 is 0. The average Bonchev–Trinajstić information content (AvgIpc) is 3.40. The van der Waals surface area contributed by atoms with Crippen LogP contribution in [0.1, 0.15) is 23.0 Å². The van der Waals surface area contributed by atoms with E-state index >= 15 is 0 Å². The van der Waals surface area contributed by atoms with Crippen LogP contribution in [0.15, 0.2) is 60.8 Å². The summed E-state index contributed by atoms with van der Waals surface area (Å²) in [5.41, 5.74) is 4.73. The van der Waals surface area contributed by atoms with E-state index < -0.39 is 0 Å². The number of pyridine rings is 1. The van der Waals surface area contributed by atoms with Crippen molar-refractivity contribution in [3.05, 3.63) is 77.7 Å². The number of benzene rings is 2. The lowest BCUT2D eigenvalue weighted by Gasteiger charge is -2.30. The molecule has 0 bridgehead atoms. The lowest BCUT2D eigenvalue weighted by molar-refractivity contribution is 0.181. The van der Waals surface area contributed by atoms with Crippen LogP contribution in [-0.2, 0) is 17.7 Å². The third kappa shape index (κ3) is 3.23. The third-order valence-corrected chi connectivity index (χ3v) is 5.49. The molecule has 5 rings (SSSR count). The van der Waals surface area contributed by atoms with E-state index in [1.54, 1.807) is 7.11 Å². The molecule has 1 aliphatic rings. The van der Waals surface area contributed by atoms with Gasteiger partial charge in [-0.15, -0.1) is 5.10 Å². The van der Waals surface area contributed by atoms with Gasteiger partial charge in [0.25, 0.3) is 0 Å². The summed E-state index contributed by atoms with van der Waals surface area (Å²) in [4.78, 5) is 6.86. The summed E-state index contributed by atoms with van der Waals surface area (Å²) in [7, 11) is 1.69. The predicted molar refractivity (Wildman–Crippen MR) is 111 cm³/mol. The zero-order chi connectivity index (χ0) is 19.6. The summed E-state index contributed by atoms with van der Waals surface area (Å²) in [6.07, 6.45) is 2.84. The minimum Gasteiger partial charge on any atom is -0.383 e. The van der Waals surface area contributed by atoms with Gasteiger partial charge in [0.1, 0.15) is 6.04 Å². The number of hydrogen-bond acceptors (Lipinski definition) is 6. The molecule has 1 aliphatic heterocycles. The fourth-order valence-electron chi connectivity index (χ4n) is 4.11. The van der Waals surface area contributed by atoms with E-state index in [-0.39, 0.29) is 6.04 Å². The van der Waals surface area contributed by atoms with Crippen LogP contribution in [-0.4, -0.2) is 45.5 Å². The molecule has 7 nitrogen and oxygen atoms in total. The number of tetrazole rings is 1. The first-order chi connectivity index (χ1) is 14.3. The first kappa shape index (κ1) is 17.8. The molecule has 4 aromatic rings. The van der Waals surface area contributed by atoms with Crippen molar-refractivity contribution >= 4 is 16.6 Å². The Balaban J connectivity index is 1.64. The monoisotopic (exact) mass is 386 g/mol. The van der Waals surface area contributed by atoms with Gasteiger partial charge in [0.2, 0.25) is 0 Å². The third-order valence-electron chi connectivity index (χ3n) is 5.49. The van der Waals surface area contributed by atoms with Gasteiger partial charge >= 0.3 is 0 Å². The van der Waals surface area contributed by atoms with Gasteiger partial charge in [0.05, 0.1) is 18.7 Å². The average molecular weight is 386 g/mol. The van der Waals surface area contributed by atoms with Crippen LogP contribution < -0.4 is 4.90 Å². The number of rotatable bonds is 6. The Hall–Kier alpha value is -3.32. The van der Waals surface area contributed by atoms with Gasteiger partial charge in [-0.3, -0.25) is 4.98 Å². The lowest BCUT2D eigenvalue weighted by Crippen LogP contribution is -2.30. The minimum atomic E-state index is -0.0879. The normalized spacial score (nSPS) is 14.3. The fourth-order valence-corrected chi connectivity index (χ4v) is 4.11. The van der Waals surface area contributed by atoms with E-state index in [0.717, 1.165) is 35.3 Å². The summed E-state index contributed by atoms with van der Waals surface area (Å²) in [5, 5.41) is 13.7. The van der Waals surface area contributed by atoms with Crippen LogP contribution in [0.25, 0.3) is 10.9 Å². The first-order valence-corrected chi connectivity index (χ1v) is 9.79. The summed E-state index contributed by atoms with van der Waals surface area (Å²) in [6.45, 7) is 2.09. The van der Waals surface area contributed by atoms with E-state index in [4.69, 9.17) is 4.74 Å². The maximum absolute atomic E-state index is 5.26. The van der Waals surface area contributed by atoms with E-state index in [2.05, 4.69) is 73.9 Å². The van der Waals surface area contributed by atoms with E-state index in [9.17, 15) is 0 Å². The predicted octanol–water partition coefficient (Wildman–Crippen LogP) is 3.02. The molecule has 0 saturated heterocycles. The molecule has 0 radical (unpaired) electrons. The lowest BCUT2D eigenvalue weighted by atomic mass is 10.0. The largest absolute Gasteiger partial charge is 0.383 e. The second-order valence-electron chi connectivity index (χ2n) is 7.18. The van der Waals surface area contributed by atoms with Crippen LogP contribution in [0.2, 0.25) is 0 Å². The molecule has 0 saturated carbocycles. The zero-order valence-electron chi connectivity index (χ0n) is 16.3. The Morgan fingerprint density at radius 2 is 2.03 bits per heavy atom. The Kier molecular flexibility index (Phi) is 4.65. The molecule has 7 heteroatoms. The Labute approximate surface area is 168 Å². The second-order valence-corrected chi connectivity index (χ2v) is 7.18. The van der Waals surface area contributed by atoms with Crippen LogP contribution >= 0.6 is 0 Å². The fraction of sp³-hybridized carbons (Fsp3) is 0.273. The van der Waals surface area contributed by atoms with E-state index in [1.165, 1.54) is 11.3 Å². The summed E-state index contributed by atoms with van der Waals surface area (Å²) in [6, 6.07) is 18.9. The summed E-state index contributed by atoms with van der Waals surface area (Å²) < 4.78 is 7.11. The molecule has 2 aromatic heterocycles. The van der Waals surface area contributed by atoms with Crippen molar-refractivity contribution in [2.45, 2.75) is 19.0 Å². The molecule has 29 heavy (non-hydrogen) atoms. The smallest absolute Gasteiger partial charge is 0.178 e. The molecule has 0 aliphatic carbocycles. The Morgan fingerprint density at radius 3 is 2.97 bits per heavy atom. The highest BCUT2D eigenvalue weighted by molar-refractivity contribution is 5.79. The van der Waals surface area contributed by atoms with Crippen molar-refractivity contribution < 1.29 is 4.74 Å². The number of methoxy groups -OCH3 is 1. The van der Waals surface area contributed by atoms with Gasteiger partial charge in [-0.25, -0.2) is 4.68 Å². The van der Waals surface area contributed by atoms with Gasteiger partial charge in [0.15, 0.2) is 5.82 Å². The second kappa shape index (κ2) is 7.60. The number of hydrogen-bond donors (Lipinski definition) is 0. The molecule has 146 valence electrons. The number of aromatic nitrogens is 5. The van der Waals surface area contributed by atoms with E-state index in [0.29, 0.717) is 13.2 Å². The van der Waals surface area contributed by atoms with Crippen molar-refractivity contribution in [2.24, 2.45) is 0 Å². The van der Waals surface area contributed by atoms with Gasteiger partial charge in [-0.2, -0.15) is 0 Å². The van der Waals surface area contributed by atoms with Gasteiger partial charge in [0, 0.05) is 30.9 Å². The highest BCUT2D eigenvalue weighted by Gasteiger charge is 2.32. The van der Waals surface area contributed by atoms with Gasteiger partial charge in [-0.1, -0.05) is 30.3 Å². The molecule has 0 amide bonds. The molecule has 2 aromatic carbocycles. The van der Waals surface area contributed by atoms with Crippen molar-refractivity contribution in [2.75, 3.05) is 25.2 Å². The Bertz CT molecular complexity index is 1140. The maximum atomic E-state index is 5.26. The van der Waals surface area contributed by atoms with Crippen molar-refractivity contribution in [1.29, 1.82) is 0 Å². The summed E-state index contributed by atoms with van der Waals surface area (Å²) in [5.74, 6) is 0.821. The quantitative estimate of drug-likeness (QED) is 0.507. The van der Waals surface area contributed by atoms with E-state index in [1.807, 2.05) is 16.9 Å². The van der Waals surface area contributed by atoms with Crippen molar-refractivity contribution in [3.63, 3.8) is 0 Å². The van der Waals surface area contributed by atoms with Crippen molar-refractivity contribution in [3.8, 4) is 0 Å². The van der Waals surface area contributed by atoms with Crippen LogP contribution in [0, 0.1) is 0 Å².